The summed E-state index contributed by atoms with van der Waals surface area (Å²) < 4.78 is 10.8. The second-order valence-electron chi connectivity index (χ2n) is 7.48. The van der Waals surface area contributed by atoms with Crippen LogP contribution in [0.4, 0.5) is 5.69 Å². The van der Waals surface area contributed by atoms with E-state index < -0.39 is 5.41 Å². The molecule has 0 fully saturated rings. The Labute approximate surface area is 159 Å². The monoisotopic (exact) mass is 373 g/mol. The van der Waals surface area contributed by atoms with Crippen molar-refractivity contribution in [2.24, 2.45) is 5.41 Å². The lowest BCUT2D eigenvalue weighted by molar-refractivity contribution is -0.123. The van der Waals surface area contributed by atoms with Crippen LogP contribution >= 0.6 is 0 Å². The number of nitrogens with zero attached hydrogens (tertiary/aromatic N) is 1. The van der Waals surface area contributed by atoms with Gasteiger partial charge in [-0.1, -0.05) is 32.9 Å². The van der Waals surface area contributed by atoms with Crippen molar-refractivity contribution in [3.05, 3.63) is 41.8 Å². The highest BCUT2D eigenvalue weighted by Gasteiger charge is 2.21. The summed E-state index contributed by atoms with van der Waals surface area (Å²) in [7, 11) is 0. The van der Waals surface area contributed by atoms with Gasteiger partial charge in [0.25, 0.3) is 5.91 Å². The molecule has 1 heterocycles. The van der Waals surface area contributed by atoms with Crippen LogP contribution in [0.1, 0.15) is 57.3 Å². The maximum Gasteiger partial charge on any atom is 0.273 e. The smallest absolute Gasteiger partial charge is 0.273 e. The fourth-order valence-electron chi connectivity index (χ4n) is 2.00. The third-order valence-corrected chi connectivity index (χ3v) is 3.96. The van der Waals surface area contributed by atoms with Gasteiger partial charge >= 0.3 is 0 Å². The predicted molar refractivity (Wildman–Crippen MR) is 103 cm³/mol. The summed E-state index contributed by atoms with van der Waals surface area (Å²) in [5, 5.41) is 9.45. The van der Waals surface area contributed by atoms with Crippen LogP contribution in [0.25, 0.3) is 0 Å². The molecule has 1 aromatic heterocycles. The van der Waals surface area contributed by atoms with Crippen molar-refractivity contribution in [3.8, 4) is 5.75 Å². The largest absolute Gasteiger partial charge is 0.486 e. The minimum Gasteiger partial charge on any atom is -0.486 e. The Kier molecular flexibility index (Phi) is 6.60. The van der Waals surface area contributed by atoms with E-state index in [0.717, 1.165) is 6.42 Å². The number of benzene rings is 1. The summed E-state index contributed by atoms with van der Waals surface area (Å²) >= 11 is 0. The molecule has 0 radical (unpaired) electrons. The summed E-state index contributed by atoms with van der Waals surface area (Å²) in [6.45, 7) is 9.64. The first-order valence-electron chi connectivity index (χ1n) is 9.00. The number of nitrogens with one attached hydrogen (secondary N) is 2. The fraction of sp³-hybridized carbons (Fsp3) is 0.450. The lowest BCUT2D eigenvalue weighted by atomic mass is 9.95. The Balaban J connectivity index is 1.88. The number of rotatable bonds is 7. The van der Waals surface area contributed by atoms with Gasteiger partial charge in [-0.3, -0.25) is 9.59 Å². The Bertz CT molecular complexity index is 775. The first-order valence-corrected chi connectivity index (χ1v) is 9.00. The first-order chi connectivity index (χ1) is 12.7. The SMILES string of the molecule is CCC(C)NC(=O)c1cc(COc2ccc(NC(=O)C(C)(C)C)cc2)on1. The van der Waals surface area contributed by atoms with Gasteiger partial charge in [0.05, 0.1) is 0 Å². The number of amides is 2. The van der Waals surface area contributed by atoms with Crippen molar-refractivity contribution in [2.75, 3.05) is 5.32 Å². The number of carbonyl (C=O) groups excluding carboxylic acids is 2. The molecule has 2 N–H and O–H groups in total. The third kappa shape index (κ3) is 6.13. The van der Waals surface area contributed by atoms with Gasteiger partial charge in [0.1, 0.15) is 12.4 Å². The zero-order chi connectivity index (χ0) is 20.0. The van der Waals surface area contributed by atoms with E-state index in [1.165, 1.54) is 0 Å². The lowest BCUT2D eigenvalue weighted by Crippen LogP contribution is -2.32. The molecule has 1 aromatic carbocycles. The third-order valence-electron chi connectivity index (χ3n) is 3.96. The second-order valence-corrected chi connectivity index (χ2v) is 7.48. The molecular weight excluding hydrogens is 346 g/mol. The van der Waals surface area contributed by atoms with Crippen LogP contribution in [-0.2, 0) is 11.4 Å². The molecule has 146 valence electrons. The molecule has 2 amide bonds. The van der Waals surface area contributed by atoms with Crippen LogP contribution in [0, 0.1) is 5.41 Å². The van der Waals surface area contributed by atoms with Gasteiger partial charge in [0.15, 0.2) is 11.5 Å². The lowest BCUT2D eigenvalue weighted by Gasteiger charge is -2.17. The maximum atomic E-state index is 12.0. The molecule has 1 unspecified atom stereocenters. The molecule has 27 heavy (non-hydrogen) atoms. The summed E-state index contributed by atoms with van der Waals surface area (Å²) in [4.78, 5) is 24.0. The van der Waals surface area contributed by atoms with E-state index in [2.05, 4.69) is 15.8 Å². The highest BCUT2D eigenvalue weighted by atomic mass is 16.5. The number of aromatic nitrogens is 1. The van der Waals surface area contributed by atoms with Gasteiger partial charge < -0.3 is 19.9 Å². The van der Waals surface area contributed by atoms with E-state index in [0.29, 0.717) is 17.2 Å². The normalized spacial score (nSPS) is 12.3. The molecular formula is C20H27N3O4. The number of hydrogen-bond acceptors (Lipinski definition) is 5. The van der Waals surface area contributed by atoms with Crippen LogP contribution in [0.3, 0.4) is 0 Å². The summed E-state index contributed by atoms with van der Waals surface area (Å²) in [5.74, 6) is 0.750. The van der Waals surface area contributed by atoms with Crippen molar-refractivity contribution in [1.29, 1.82) is 0 Å². The Morgan fingerprint density at radius 1 is 1.22 bits per heavy atom. The minimum atomic E-state index is -0.458. The van der Waals surface area contributed by atoms with Gasteiger partial charge in [-0.2, -0.15) is 0 Å². The van der Waals surface area contributed by atoms with Crippen LogP contribution in [-0.4, -0.2) is 23.0 Å². The van der Waals surface area contributed by atoms with Crippen molar-refractivity contribution in [1.82, 2.24) is 10.5 Å². The van der Waals surface area contributed by atoms with E-state index in [9.17, 15) is 9.59 Å². The first kappa shape index (κ1) is 20.5. The molecule has 1 atom stereocenters. The Morgan fingerprint density at radius 2 is 1.89 bits per heavy atom. The predicted octanol–water partition coefficient (Wildman–Crippen LogP) is 3.77. The molecule has 0 spiro atoms. The molecule has 0 bridgehead atoms. The van der Waals surface area contributed by atoms with Crippen LogP contribution in [0.15, 0.2) is 34.9 Å². The molecule has 0 aliphatic rings. The quantitative estimate of drug-likeness (QED) is 0.771. The minimum absolute atomic E-state index is 0.0546. The topological polar surface area (TPSA) is 93.5 Å². The highest BCUT2D eigenvalue weighted by molar-refractivity contribution is 5.94. The van der Waals surface area contributed by atoms with Crippen molar-refractivity contribution in [2.45, 2.75) is 53.7 Å². The van der Waals surface area contributed by atoms with Gasteiger partial charge in [-0.25, -0.2) is 0 Å². The molecule has 0 saturated heterocycles. The van der Waals surface area contributed by atoms with Gasteiger partial charge in [-0.15, -0.1) is 0 Å². The van der Waals surface area contributed by atoms with Crippen LogP contribution in [0.2, 0.25) is 0 Å². The van der Waals surface area contributed by atoms with E-state index >= 15 is 0 Å². The number of anilines is 1. The van der Waals surface area contributed by atoms with Crippen LogP contribution < -0.4 is 15.4 Å². The van der Waals surface area contributed by atoms with Crippen molar-refractivity contribution in [3.63, 3.8) is 0 Å². The molecule has 0 saturated carbocycles. The summed E-state index contributed by atoms with van der Waals surface area (Å²) in [6.07, 6.45) is 0.839. The number of carbonyl (C=O) groups is 2. The highest BCUT2D eigenvalue weighted by Crippen LogP contribution is 2.20. The molecule has 7 nitrogen and oxygen atoms in total. The van der Waals surface area contributed by atoms with Crippen molar-refractivity contribution < 1.29 is 18.8 Å². The van der Waals surface area contributed by atoms with E-state index in [1.807, 2.05) is 34.6 Å². The van der Waals surface area contributed by atoms with E-state index in [4.69, 9.17) is 9.26 Å². The van der Waals surface area contributed by atoms with Gasteiger partial charge in [0, 0.05) is 23.2 Å². The van der Waals surface area contributed by atoms with Crippen LogP contribution in [0.5, 0.6) is 5.75 Å². The number of ether oxygens (including phenoxy) is 1. The number of hydrogen-bond donors (Lipinski definition) is 2. The molecule has 2 rings (SSSR count). The van der Waals surface area contributed by atoms with Gasteiger partial charge in [0.2, 0.25) is 5.91 Å². The standard InChI is InChI=1S/C20H27N3O4/c1-6-13(2)21-18(24)17-11-16(27-23-17)12-26-15-9-7-14(8-10-15)22-19(25)20(3,4)5/h7-11,13H,6,12H2,1-5H3,(H,21,24)(H,22,25). The molecule has 0 aliphatic heterocycles. The van der Waals surface area contributed by atoms with E-state index in [1.54, 1.807) is 30.3 Å². The second kappa shape index (κ2) is 8.70. The summed E-state index contributed by atoms with van der Waals surface area (Å²) in [6, 6.07) is 8.69. The van der Waals surface area contributed by atoms with Crippen molar-refractivity contribution >= 4 is 17.5 Å². The fourth-order valence-corrected chi connectivity index (χ4v) is 2.00. The zero-order valence-corrected chi connectivity index (χ0v) is 16.5. The van der Waals surface area contributed by atoms with Gasteiger partial charge in [-0.05, 0) is 37.6 Å². The van der Waals surface area contributed by atoms with E-state index in [-0.39, 0.29) is 30.2 Å². The molecule has 2 aromatic rings. The maximum absolute atomic E-state index is 12.0. The Morgan fingerprint density at radius 3 is 2.48 bits per heavy atom. The summed E-state index contributed by atoms with van der Waals surface area (Å²) in [5.41, 5.74) is 0.473. The molecule has 0 aliphatic carbocycles. The Hall–Kier alpha value is -2.83. The average Bonchev–Trinajstić information content (AvgIpc) is 3.09. The zero-order valence-electron chi connectivity index (χ0n) is 16.5. The molecule has 7 heteroatoms. The average molecular weight is 373 g/mol.